The topological polar surface area (TPSA) is 17.8 Å². The van der Waals surface area contributed by atoms with E-state index in [2.05, 4.69) is 58.0 Å². The lowest BCUT2D eigenvalue weighted by molar-refractivity contribution is 0.828. The van der Waals surface area contributed by atoms with E-state index < -0.39 is 0 Å². The fourth-order valence-electron chi connectivity index (χ4n) is 3.00. The monoisotopic (exact) mass is 268 g/mol. The molecule has 0 spiro atoms. The van der Waals surface area contributed by atoms with Crippen LogP contribution in [-0.2, 0) is 19.9 Å². The summed E-state index contributed by atoms with van der Waals surface area (Å²) < 4.78 is 2.25. The minimum absolute atomic E-state index is 0.986. The van der Waals surface area contributed by atoms with Crippen molar-refractivity contribution in [3.8, 4) is 11.4 Å². The molecule has 0 aliphatic heterocycles. The molecule has 0 N–H and O–H groups in total. The van der Waals surface area contributed by atoms with Crippen molar-refractivity contribution < 1.29 is 0 Å². The second-order valence-corrected chi connectivity index (χ2v) is 5.33. The highest BCUT2D eigenvalue weighted by Gasteiger charge is 2.16. The molecule has 2 aromatic rings. The lowest BCUT2D eigenvalue weighted by atomic mass is 9.98. The SMILES string of the molecule is C=Cc1cc(C)c(-c2nc(CC)c(CC)n2C)c(C)c1. The number of nitrogens with zero attached hydrogens (tertiary/aromatic N) is 2. The zero-order valence-corrected chi connectivity index (χ0v) is 13.2. The van der Waals surface area contributed by atoms with Gasteiger partial charge in [0.15, 0.2) is 0 Å². The summed E-state index contributed by atoms with van der Waals surface area (Å²) in [6, 6.07) is 4.36. The van der Waals surface area contributed by atoms with Gasteiger partial charge in [-0.1, -0.05) is 38.6 Å². The molecule has 2 heteroatoms. The summed E-state index contributed by atoms with van der Waals surface area (Å²) in [5.41, 5.74) is 7.51. The Morgan fingerprint density at radius 2 is 1.75 bits per heavy atom. The van der Waals surface area contributed by atoms with Gasteiger partial charge < -0.3 is 4.57 Å². The molecule has 0 radical (unpaired) electrons. The van der Waals surface area contributed by atoms with Gasteiger partial charge in [0, 0.05) is 18.3 Å². The first-order chi connectivity index (χ1) is 9.53. The highest BCUT2D eigenvalue weighted by molar-refractivity contribution is 5.69. The third kappa shape index (κ3) is 2.31. The minimum atomic E-state index is 0.986. The van der Waals surface area contributed by atoms with Crippen molar-refractivity contribution in [3.63, 3.8) is 0 Å². The zero-order chi connectivity index (χ0) is 14.9. The lowest BCUT2D eigenvalue weighted by Gasteiger charge is -2.12. The third-order valence-electron chi connectivity index (χ3n) is 3.98. The van der Waals surface area contributed by atoms with E-state index in [1.165, 1.54) is 33.6 Å². The van der Waals surface area contributed by atoms with Gasteiger partial charge in [0.05, 0.1) is 5.69 Å². The highest BCUT2D eigenvalue weighted by Crippen LogP contribution is 2.29. The summed E-state index contributed by atoms with van der Waals surface area (Å²) in [7, 11) is 2.13. The maximum Gasteiger partial charge on any atom is 0.140 e. The normalized spacial score (nSPS) is 10.8. The van der Waals surface area contributed by atoms with Crippen LogP contribution in [0.1, 0.15) is 41.9 Å². The molecule has 0 saturated heterocycles. The molecule has 0 fully saturated rings. The summed E-state index contributed by atoms with van der Waals surface area (Å²) in [6.45, 7) is 12.5. The van der Waals surface area contributed by atoms with Crippen LogP contribution in [0.3, 0.4) is 0 Å². The first kappa shape index (κ1) is 14.6. The molecular formula is C18H24N2. The smallest absolute Gasteiger partial charge is 0.140 e. The molecule has 0 aliphatic rings. The van der Waals surface area contributed by atoms with Crippen LogP contribution in [0.4, 0.5) is 0 Å². The minimum Gasteiger partial charge on any atom is -0.331 e. The standard InChI is InChI=1S/C18H24N2/c1-7-14-10-12(4)17(13(5)11-14)18-19-15(8-2)16(9-3)20(18)6/h7,10-11H,1,8-9H2,2-6H3. The number of rotatable bonds is 4. The van der Waals surface area contributed by atoms with Gasteiger partial charge in [-0.2, -0.15) is 0 Å². The van der Waals surface area contributed by atoms with Gasteiger partial charge in [-0.05, 0) is 43.4 Å². The fourth-order valence-corrected chi connectivity index (χ4v) is 3.00. The molecule has 1 aromatic heterocycles. The molecule has 20 heavy (non-hydrogen) atoms. The number of aryl methyl sites for hydroxylation is 3. The van der Waals surface area contributed by atoms with E-state index in [0.29, 0.717) is 0 Å². The first-order valence-corrected chi connectivity index (χ1v) is 7.31. The van der Waals surface area contributed by atoms with Gasteiger partial charge in [-0.3, -0.25) is 0 Å². The van der Waals surface area contributed by atoms with E-state index in [-0.39, 0.29) is 0 Å². The number of aromatic nitrogens is 2. The number of benzene rings is 1. The molecule has 0 bridgehead atoms. The van der Waals surface area contributed by atoms with Crippen LogP contribution in [0.5, 0.6) is 0 Å². The predicted molar refractivity (Wildman–Crippen MR) is 87.0 cm³/mol. The Bertz CT molecular complexity index is 625. The molecule has 106 valence electrons. The second kappa shape index (κ2) is 5.66. The van der Waals surface area contributed by atoms with E-state index in [4.69, 9.17) is 4.98 Å². The van der Waals surface area contributed by atoms with Gasteiger partial charge in [0.2, 0.25) is 0 Å². The number of hydrogen-bond acceptors (Lipinski definition) is 1. The fraction of sp³-hybridized carbons (Fsp3) is 0.389. The molecule has 2 nitrogen and oxygen atoms in total. The van der Waals surface area contributed by atoms with E-state index >= 15 is 0 Å². The molecule has 0 unspecified atom stereocenters. The van der Waals surface area contributed by atoms with E-state index in [1.807, 2.05) is 6.08 Å². The van der Waals surface area contributed by atoms with Crippen molar-refractivity contribution in [2.24, 2.45) is 7.05 Å². The molecule has 0 aliphatic carbocycles. The second-order valence-electron chi connectivity index (χ2n) is 5.33. The van der Waals surface area contributed by atoms with Crippen molar-refractivity contribution in [3.05, 3.63) is 46.8 Å². The van der Waals surface area contributed by atoms with Crippen molar-refractivity contribution >= 4 is 6.08 Å². The van der Waals surface area contributed by atoms with Crippen LogP contribution in [0, 0.1) is 13.8 Å². The molecule has 0 saturated carbocycles. The Morgan fingerprint density at radius 3 is 2.15 bits per heavy atom. The lowest BCUT2D eigenvalue weighted by Crippen LogP contribution is -2.01. The molecule has 2 rings (SSSR count). The van der Waals surface area contributed by atoms with Crippen LogP contribution in [-0.4, -0.2) is 9.55 Å². The van der Waals surface area contributed by atoms with Gasteiger partial charge in [-0.15, -0.1) is 0 Å². The summed E-state index contributed by atoms with van der Waals surface area (Å²) in [5.74, 6) is 1.09. The zero-order valence-electron chi connectivity index (χ0n) is 13.2. The first-order valence-electron chi connectivity index (χ1n) is 7.31. The van der Waals surface area contributed by atoms with Crippen LogP contribution >= 0.6 is 0 Å². The molecule has 0 amide bonds. The van der Waals surface area contributed by atoms with Crippen LogP contribution in [0.15, 0.2) is 18.7 Å². The van der Waals surface area contributed by atoms with Gasteiger partial charge in [-0.25, -0.2) is 4.98 Å². The van der Waals surface area contributed by atoms with Crippen molar-refractivity contribution in [2.75, 3.05) is 0 Å². The Balaban J connectivity index is 2.69. The summed E-state index contributed by atoms with van der Waals surface area (Å²) in [6.07, 6.45) is 3.91. The van der Waals surface area contributed by atoms with Gasteiger partial charge in [0.25, 0.3) is 0 Å². The Labute approximate surface area is 122 Å². The van der Waals surface area contributed by atoms with Crippen LogP contribution in [0.25, 0.3) is 17.5 Å². The Hall–Kier alpha value is -1.83. The maximum atomic E-state index is 4.88. The molecule has 1 aromatic carbocycles. The Kier molecular flexibility index (Phi) is 4.12. The maximum absolute atomic E-state index is 4.88. The quantitative estimate of drug-likeness (QED) is 0.800. The van der Waals surface area contributed by atoms with E-state index in [0.717, 1.165) is 18.7 Å². The van der Waals surface area contributed by atoms with E-state index in [9.17, 15) is 0 Å². The number of hydrogen-bond donors (Lipinski definition) is 0. The summed E-state index contributed by atoms with van der Waals surface area (Å²) in [4.78, 5) is 4.88. The predicted octanol–water partition coefficient (Wildman–Crippen LogP) is 4.47. The molecule has 1 heterocycles. The number of imidazole rings is 1. The average Bonchev–Trinajstić information content (AvgIpc) is 2.74. The van der Waals surface area contributed by atoms with Crippen molar-refractivity contribution in [2.45, 2.75) is 40.5 Å². The van der Waals surface area contributed by atoms with Gasteiger partial charge in [0.1, 0.15) is 5.82 Å². The van der Waals surface area contributed by atoms with Gasteiger partial charge >= 0.3 is 0 Å². The van der Waals surface area contributed by atoms with Crippen LogP contribution in [0.2, 0.25) is 0 Å². The summed E-state index contributed by atoms with van der Waals surface area (Å²) in [5, 5.41) is 0. The highest BCUT2D eigenvalue weighted by atomic mass is 15.1. The summed E-state index contributed by atoms with van der Waals surface area (Å²) >= 11 is 0. The molecular weight excluding hydrogens is 244 g/mol. The largest absolute Gasteiger partial charge is 0.331 e. The van der Waals surface area contributed by atoms with Crippen molar-refractivity contribution in [1.29, 1.82) is 0 Å². The van der Waals surface area contributed by atoms with Crippen LogP contribution < -0.4 is 0 Å². The van der Waals surface area contributed by atoms with Crippen molar-refractivity contribution in [1.82, 2.24) is 9.55 Å². The third-order valence-corrected chi connectivity index (χ3v) is 3.98. The molecule has 0 atom stereocenters. The Morgan fingerprint density at radius 1 is 1.15 bits per heavy atom. The van der Waals surface area contributed by atoms with E-state index in [1.54, 1.807) is 0 Å². The average molecular weight is 268 g/mol.